The lowest BCUT2D eigenvalue weighted by molar-refractivity contribution is -0.134. The zero-order valence-corrected chi connectivity index (χ0v) is 10.5. The molecule has 5 nitrogen and oxygen atoms in total. The average Bonchev–Trinajstić information content (AvgIpc) is 2.23. The monoisotopic (exact) mass is 229 g/mol. The quantitative estimate of drug-likeness (QED) is 0.707. The van der Waals surface area contributed by atoms with Crippen LogP contribution < -0.4 is 5.73 Å². The molecular formula is C11H23N3O2. The van der Waals surface area contributed by atoms with E-state index in [9.17, 15) is 4.79 Å². The predicted octanol–water partition coefficient (Wildman–Crippen LogP) is -0.486. The summed E-state index contributed by atoms with van der Waals surface area (Å²) in [7, 11) is 5.54. The molecule has 0 aliphatic carbocycles. The topological polar surface area (TPSA) is 58.8 Å². The lowest BCUT2D eigenvalue weighted by Crippen LogP contribution is -2.52. The van der Waals surface area contributed by atoms with Gasteiger partial charge in [-0.25, -0.2) is 0 Å². The summed E-state index contributed by atoms with van der Waals surface area (Å²) in [5, 5.41) is 0. The molecule has 0 aromatic carbocycles. The predicted molar refractivity (Wildman–Crippen MR) is 63.2 cm³/mol. The summed E-state index contributed by atoms with van der Waals surface area (Å²) in [5.41, 5.74) is 5.96. The van der Waals surface area contributed by atoms with Gasteiger partial charge in [-0.2, -0.15) is 0 Å². The molecule has 1 heterocycles. The second-order valence-electron chi connectivity index (χ2n) is 4.95. The van der Waals surface area contributed by atoms with Gasteiger partial charge in [0.2, 0.25) is 5.91 Å². The van der Waals surface area contributed by atoms with Gasteiger partial charge in [-0.05, 0) is 33.0 Å². The third-order valence-electron chi connectivity index (χ3n) is 3.10. The van der Waals surface area contributed by atoms with Gasteiger partial charge in [0.25, 0.3) is 0 Å². The van der Waals surface area contributed by atoms with Crippen molar-refractivity contribution in [1.82, 2.24) is 9.80 Å². The minimum atomic E-state index is -0.251. The van der Waals surface area contributed by atoms with Gasteiger partial charge in [0, 0.05) is 19.6 Å². The van der Waals surface area contributed by atoms with Crippen molar-refractivity contribution in [1.29, 1.82) is 0 Å². The van der Waals surface area contributed by atoms with Gasteiger partial charge in [-0.15, -0.1) is 0 Å². The van der Waals surface area contributed by atoms with Crippen LogP contribution in [0.25, 0.3) is 0 Å². The summed E-state index contributed by atoms with van der Waals surface area (Å²) in [4.78, 5) is 15.1. The van der Waals surface area contributed by atoms with Crippen molar-refractivity contribution < 1.29 is 9.53 Å². The Morgan fingerprint density at radius 3 is 2.50 bits per heavy atom. The molecule has 1 fully saturated rings. The summed E-state index contributed by atoms with van der Waals surface area (Å²) in [6.07, 6.45) is 1.86. The number of rotatable bonds is 4. The number of carbonyl (C=O) groups excluding carboxylic acids is 1. The van der Waals surface area contributed by atoms with Crippen molar-refractivity contribution in [3.63, 3.8) is 0 Å². The molecule has 0 radical (unpaired) electrons. The number of carbonyl (C=O) groups is 1. The van der Waals surface area contributed by atoms with Crippen molar-refractivity contribution in [2.75, 3.05) is 47.4 Å². The van der Waals surface area contributed by atoms with Crippen molar-refractivity contribution in [2.45, 2.75) is 18.4 Å². The van der Waals surface area contributed by atoms with Crippen molar-refractivity contribution in [2.24, 2.45) is 5.73 Å². The first-order chi connectivity index (χ1) is 7.43. The molecule has 1 amide bonds. The molecule has 0 aromatic rings. The van der Waals surface area contributed by atoms with E-state index in [0.717, 1.165) is 25.9 Å². The van der Waals surface area contributed by atoms with Gasteiger partial charge in [-0.3, -0.25) is 4.79 Å². The zero-order valence-electron chi connectivity index (χ0n) is 10.5. The van der Waals surface area contributed by atoms with Crippen molar-refractivity contribution >= 4 is 5.91 Å². The van der Waals surface area contributed by atoms with Crippen LogP contribution in [0, 0.1) is 0 Å². The number of hydrogen-bond donors (Lipinski definition) is 1. The zero-order chi connectivity index (χ0) is 12.2. The van der Waals surface area contributed by atoms with E-state index < -0.39 is 0 Å². The molecule has 1 saturated heterocycles. The van der Waals surface area contributed by atoms with E-state index in [1.807, 2.05) is 0 Å². The molecule has 2 N–H and O–H groups in total. The fourth-order valence-corrected chi connectivity index (χ4v) is 1.68. The lowest BCUT2D eigenvalue weighted by atomic mass is 9.90. The smallest absolute Gasteiger partial charge is 0.248 e. The first-order valence-electron chi connectivity index (χ1n) is 5.68. The molecule has 1 rings (SSSR count). The minimum absolute atomic E-state index is 0.0171. The summed E-state index contributed by atoms with van der Waals surface area (Å²) in [6.45, 7) is 2.60. The van der Waals surface area contributed by atoms with Crippen molar-refractivity contribution in [3.05, 3.63) is 0 Å². The lowest BCUT2D eigenvalue weighted by Gasteiger charge is -2.37. The van der Waals surface area contributed by atoms with Gasteiger partial charge in [-0.1, -0.05) is 0 Å². The Morgan fingerprint density at radius 1 is 1.44 bits per heavy atom. The summed E-state index contributed by atoms with van der Waals surface area (Å²) < 4.78 is 5.40. The summed E-state index contributed by atoms with van der Waals surface area (Å²) in [6, 6.07) is 0. The van der Waals surface area contributed by atoms with Gasteiger partial charge in [0.05, 0.1) is 6.61 Å². The van der Waals surface area contributed by atoms with E-state index in [2.05, 4.69) is 11.9 Å². The molecule has 5 heteroatoms. The van der Waals surface area contributed by atoms with Crippen LogP contribution in [0.5, 0.6) is 0 Å². The highest BCUT2D eigenvalue weighted by molar-refractivity contribution is 5.76. The summed E-state index contributed by atoms with van der Waals surface area (Å²) >= 11 is 0. The molecule has 0 aromatic heterocycles. The molecular weight excluding hydrogens is 206 g/mol. The Bertz CT molecular complexity index is 235. The molecule has 0 unspecified atom stereocenters. The van der Waals surface area contributed by atoms with E-state index >= 15 is 0 Å². The molecule has 16 heavy (non-hydrogen) atoms. The molecule has 0 spiro atoms. The maximum absolute atomic E-state index is 11.3. The first kappa shape index (κ1) is 13.4. The van der Waals surface area contributed by atoms with Gasteiger partial charge < -0.3 is 20.3 Å². The number of piperidine rings is 1. The van der Waals surface area contributed by atoms with Crippen LogP contribution in [0.4, 0.5) is 0 Å². The van der Waals surface area contributed by atoms with Gasteiger partial charge in [0.15, 0.2) is 0 Å². The Balaban J connectivity index is 2.24. The molecule has 0 saturated carbocycles. The number of amides is 1. The summed E-state index contributed by atoms with van der Waals surface area (Å²) in [5.74, 6) is -0.0171. The molecule has 1 aliphatic heterocycles. The first-order valence-corrected chi connectivity index (χ1v) is 5.68. The molecule has 1 aliphatic rings. The largest absolute Gasteiger partial charge is 0.370 e. The number of hydrogen-bond acceptors (Lipinski definition) is 4. The number of ether oxygens (including phenoxy) is 1. The van der Waals surface area contributed by atoms with Gasteiger partial charge in [0.1, 0.15) is 6.61 Å². The third kappa shape index (κ3) is 4.08. The van der Waals surface area contributed by atoms with Crippen LogP contribution in [-0.2, 0) is 9.53 Å². The third-order valence-corrected chi connectivity index (χ3v) is 3.10. The number of nitrogens with two attached hydrogens (primary N) is 1. The van der Waals surface area contributed by atoms with E-state index in [1.165, 1.54) is 4.90 Å². The van der Waals surface area contributed by atoms with E-state index in [4.69, 9.17) is 10.5 Å². The molecule has 0 bridgehead atoms. The Hall–Kier alpha value is -0.650. The van der Waals surface area contributed by atoms with Crippen LogP contribution >= 0.6 is 0 Å². The van der Waals surface area contributed by atoms with Crippen LogP contribution in [-0.4, -0.2) is 68.7 Å². The highest BCUT2D eigenvalue weighted by Gasteiger charge is 2.29. The van der Waals surface area contributed by atoms with E-state index in [0.29, 0.717) is 6.61 Å². The van der Waals surface area contributed by atoms with Crippen molar-refractivity contribution in [3.8, 4) is 0 Å². The maximum atomic E-state index is 11.3. The van der Waals surface area contributed by atoms with Crippen LogP contribution in [0.2, 0.25) is 0 Å². The minimum Gasteiger partial charge on any atom is -0.370 e. The van der Waals surface area contributed by atoms with Crippen LogP contribution in [0.1, 0.15) is 12.8 Å². The number of nitrogens with zero attached hydrogens (tertiary/aromatic N) is 2. The second-order valence-corrected chi connectivity index (χ2v) is 4.95. The maximum Gasteiger partial charge on any atom is 0.248 e. The number of likely N-dealkylation sites (tertiary alicyclic amines) is 1. The average molecular weight is 229 g/mol. The Kier molecular flexibility index (Phi) is 4.70. The highest BCUT2D eigenvalue weighted by atomic mass is 16.5. The van der Waals surface area contributed by atoms with E-state index in [1.54, 1.807) is 14.1 Å². The number of likely N-dealkylation sites (N-methyl/N-ethyl adjacent to an activating group) is 1. The molecule has 0 atom stereocenters. The van der Waals surface area contributed by atoms with E-state index in [-0.39, 0.29) is 18.1 Å². The van der Waals surface area contributed by atoms with Gasteiger partial charge >= 0.3 is 0 Å². The standard InChI is InChI=1S/C11H23N3O2/c1-13(2)10(15)8-16-9-11(12)4-6-14(3)7-5-11/h4-9,12H2,1-3H3. The van der Waals surface area contributed by atoms with Crippen LogP contribution in [0.15, 0.2) is 0 Å². The highest BCUT2D eigenvalue weighted by Crippen LogP contribution is 2.18. The fourth-order valence-electron chi connectivity index (χ4n) is 1.68. The van der Waals surface area contributed by atoms with Crippen LogP contribution in [0.3, 0.4) is 0 Å². The SMILES string of the molecule is CN1CCC(N)(COCC(=O)N(C)C)CC1. The Labute approximate surface area is 97.5 Å². The fraction of sp³-hybridized carbons (Fsp3) is 0.909. The second kappa shape index (κ2) is 5.61. The molecule has 94 valence electrons. The normalized spacial score (nSPS) is 20.8. The Morgan fingerprint density at radius 2 is 2.00 bits per heavy atom.